The highest BCUT2D eigenvalue weighted by Crippen LogP contribution is 2.24. The van der Waals surface area contributed by atoms with Crippen molar-refractivity contribution in [3.8, 4) is 17.1 Å². The average molecular weight is 445 g/mol. The standard InChI is InChI=1S/C25H24N4O2S/c1-17-8-10-19(11-9-17)23(18-6-4-3-5-7-18)26-22(30)16-29-24(27-28-25(29)32)20-12-14-21(31-2)15-13-20/h3-15,23H,16H2,1-2H3,(H,26,30)(H,28,32)/t23-/m0/s1. The molecule has 1 aromatic heterocycles. The van der Waals surface area contributed by atoms with Crippen molar-refractivity contribution in [3.63, 3.8) is 0 Å². The van der Waals surface area contributed by atoms with Crippen molar-refractivity contribution in [2.24, 2.45) is 0 Å². The van der Waals surface area contributed by atoms with Crippen LogP contribution in [-0.4, -0.2) is 27.8 Å². The predicted molar refractivity (Wildman–Crippen MR) is 127 cm³/mol. The number of aromatic nitrogens is 3. The van der Waals surface area contributed by atoms with Gasteiger partial charge in [0.15, 0.2) is 10.6 Å². The Balaban J connectivity index is 1.59. The van der Waals surface area contributed by atoms with Crippen LogP contribution in [0.5, 0.6) is 5.75 Å². The highest BCUT2D eigenvalue weighted by molar-refractivity contribution is 7.71. The number of carbonyl (C=O) groups is 1. The third-order valence-corrected chi connectivity index (χ3v) is 5.57. The van der Waals surface area contributed by atoms with Crippen LogP contribution in [0.15, 0.2) is 78.9 Å². The minimum absolute atomic E-state index is 0.0475. The quantitative estimate of drug-likeness (QED) is 0.401. The zero-order valence-corrected chi connectivity index (χ0v) is 18.7. The van der Waals surface area contributed by atoms with E-state index in [0.717, 1.165) is 22.4 Å². The summed E-state index contributed by atoms with van der Waals surface area (Å²) in [5, 5.41) is 10.3. The first-order chi connectivity index (χ1) is 15.5. The summed E-state index contributed by atoms with van der Waals surface area (Å²) < 4.78 is 7.31. The molecule has 0 aliphatic carbocycles. The van der Waals surface area contributed by atoms with Gasteiger partial charge in [0.1, 0.15) is 12.3 Å². The number of nitrogens with one attached hydrogen (secondary N) is 2. The third-order valence-electron chi connectivity index (χ3n) is 5.26. The molecule has 6 nitrogen and oxygen atoms in total. The van der Waals surface area contributed by atoms with E-state index in [0.29, 0.717) is 10.6 Å². The van der Waals surface area contributed by atoms with E-state index in [1.54, 1.807) is 11.7 Å². The van der Waals surface area contributed by atoms with Crippen molar-refractivity contribution in [3.05, 3.63) is 100 Å². The molecule has 0 aliphatic heterocycles. The molecule has 0 unspecified atom stereocenters. The Labute approximate surface area is 191 Å². The molecule has 162 valence electrons. The van der Waals surface area contributed by atoms with Gasteiger partial charge in [0.05, 0.1) is 13.2 Å². The number of hydrogen-bond donors (Lipinski definition) is 2. The van der Waals surface area contributed by atoms with E-state index in [-0.39, 0.29) is 18.5 Å². The van der Waals surface area contributed by atoms with E-state index in [1.165, 1.54) is 5.56 Å². The first-order valence-electron chi connectivity index (χ1n) is 10.3. The molecule has 2 N–H and O–H groups in total. The van der Waals surface area contributed by atoms with Crippen molar-refractivity contribution in [1.29, 1.82) is 0 Å². The molecule has 0 aliphatic rings. The van der Waals surface area contributed by atoms with Crippen LogP contribution in [0, 0.1) is 11.7 Å². The normalized spacial score (nSPS) is 11.7. The van der Waals surface area contributed by atoms with Crippen molar-refractivity contribution < 1.29 is 9.53 Å². The molecule has 0 radical (unpaired) electrons. The van der Waals surface area contributed by atoms with E-state index in [2.05, 4.69) is 15.5 Å². The number of H-pyrrole nitrogens is 1. The Bertz CT molecular complexity index is 1250. The summed E-state index contributed by atoms with van der Waals surface area (Å²) >= 11 is 5.39. The van der Waals surface area contributed by atoms with Gasteiger partial charge in [-0.1, -0.05) is 60.2 Å². The lowest BCUT2D eigenvalue weighted by atomic mass is 9.98. The molecule has 0 fully saturated rings. The molecular formula is C25H24N4O2S. The zero-order valence-electron chi connectivity index (χ0n) is 17.9. The molecule has 4 rings (SSSR count). The van der Waals surface area contributed by atoms with Crippen LogP contribution in [0.3, 0.4) is 0 Å². The number of nitrogens with zero attached hydrogens (tertiary/aromatic N) is 2. The maximum atomic E-state index is 13.1. The third kappa shape index (κ3) is 4.78. The van der Waals surface area contributed by atoms with E-state index >= 15 is 0 Å². The Hall–Kier alpha value is -3.71. The van der Waals surface area contributed by atoms with Gasteiger partial charge in [-0.2, -0.15) is 5.10 Å². The molecule has 1 atom stereocenters. The maximum Gasteiger partial charge on any atom is 0.240 e. The SMILES string of the molecule is COc1ccc(-c2n[nH]c(=S)n2CC(=O)N[C@@H](c2ccccc2)c2ccc(C)cc2)cc1. The summed E-state index contributed by atoms with van der Waals surface area (Å²) in [7, 11) is 1.62. The summed E-state index contributed by atoms with van der Waals surface area (Å²) in [5.74, 6) is 1.18. The number of methoxy groups -OCH3 is 1. The summed E-state index contributed by atoms with van der Waals surface area (Å²) in [4.78, 5) is 13.1. The molecule has 7 heteroatoms. The van der Waals surface area contributed by atoms with Gasteiger partial charge in [-0.25, -0.2) is 0 Å². The number of amides is 1. The number of carbonyl (C=O) groups excluding carboxylic acids is 1. The van der Waals surface area contributed by atoms with E-state index < -0.39 is 0 Å². The molecule has 3 aromatic carbocycles. The fraction of sp³-hybridized carbons (Fsp3) is 0.160. The van der Waals surface area contributed by atoms with Gasteiger partial charge in [-0.05, 0) is 54.5 Å². The van der Waals surface area contributed by atoms with Crippen LogP contribution in [0.4, 0.5) is 0 Å². The van der Waals surface area contributed by atoms with Crippen molar-refractivity contribution in [1.82, 2.24) is 20.1 Å². The molecule has 0 saturated heterocycles. The van der Waals surface area contributed by atoms with E-state index in [9.17, 15) is 4.79 Å². The van der Waals surface area contributed by atoms with Gasteiger partial charge in [0.25, 0.3) is 0 Å². The molecule has 32 heavy (non-hydrogen) atoms. The molecule has 0 saturated carbocycles. The van der Waals surface area contributed by atoms with Crippen LogP contribution in [0.2, 0.25) is 0 Å². The minimum atomic E-state index is -0.269. The van der Waals surface area contributed by atoms with Crippen molar-refractivity contribution in [2.75, 3.05) is 7.11 Å². The first-order valence-corrected chi connectivity index (χ1v) is 10.7. The van der Waals surface area contributed by atoms with Crippen LogP contribution >= 0.6 is 12.2 Å². The molecular weight excluding hydrogens is 420 g/mol. The molecule has 4 aromatic rings. The van der Waals surface area contributed by atoms with Gasteiger partial charge < -0.3 is 10.1 Å². The molecule has 1 heterocycles. The minimum Gasteiger partial charge on any atom is -0.497 e. The second-order valence-electron chi connectivity index (χ2n) is 7.49. The molecule has 1 amide bonds. The van der Waals surface area contributed by atoms with Gasteiger partial charge in [0, 0.05) is 5.56 Å². The van der Waals surface area contributed by atoms with Crippen LogP contribution in [0.1, 0.15) is 22.7 Å². The van der Waals surface area contributed by atoms with Crippen LogP contribution in [-0.2, 0) is 11.3 Å². The molecule has 0 bridgehead atoms. The number of aryl methyl sites for hydroxylation is 1. The number of aromatic amines is 1. The highest BCUT2D eigenvalue weighted by Gasteiger charge is 2.19. The van der Waals surface area contributed by atoms with Gasteiger partial charge in [-0.15, -0.1) is 0 Å². The fourth-order valence-corrected chi connectivity index (χ4v) is 3.74. The maximum absolute atomic E-state index is 13.1. The number of rotatable bonds is 7. The lowest BCUT2D eigenvalue weighted by Crippen LogP contribution is -2.32. The molecule has 0 spiro atoms. The predicted octanol–water partition coefficient (Wildman–Crippen LogP) is 4.83. The smallest absolute Gasteiger partial charge is 0.240 e. The highest BCUT2D eigenvalue weighted by atomic mass is 32.1. The second kappa shape index (κ2) is 9.62. The number of hydrogen-bond acceptors (Lipinski definition) is 4. The fourth-order valence-electron chi connectivity index (χ4n) is 3.54. The summed E-state index contributed by atoms with van der Waals surface area (Å²) in [6.07, 6.45) is 0. The van der Waals surface area contributed by atoms with Crippen LogP contribution < -0.4 is 10.1 Å². The van der Waals surface area contributed by atoms with E-state index in [1.807, 2.05) is 85.8 Å². The monoisotopic (exact) mass is 444 g/mol. The van der Waals surface area contributed by atoms with Gasteiger partial charge in [-0.3, -0.25) is 14.5 Å². The second-order valence-corrected chi connectivity index (χ2v) is 7.88. The largest absolute Gasteiger partial charge is 0.497 e. The lowest BCUT2D eigenvalue weighted by molar-refractivity contribution is -0.122. The van der Waals surface area contributed by atoms with E-state index in [4.69, 9.17) is 17.0 Å². The summed E-state index contributed by atoms with van der Waals surface area (Å²) in [5.41, 5.74) is 4.03. The number of ether oxygens (including phenoxy) is 1. The van der Waals surface area contributed by atoms with Crippen LogP contribution in [0.25, 0.3) is 11.4 Å². The number of benzene rings is 3. The Morgan fingerprint density at radius 2 is 1.69 bits per heavy atom. The van der Waals surface area contributed by atoms with Gasteiger partial charge in [0.2, 0.25) is 5.91 Å². The first kappa shape index (κ1) is 21.5. The summed E-state index contributed by atoms with van der Waals surface area (Å²) in [6, 6.07) is 25.3. The Morgan fingerprint density at radius 3 is 2.34 bits per heavy atom. The Kier molecular flexibility index (Phi) is 6.47. The average Bonchev–Trinajstić information content (AvgIpc) is 3.18. The Morgan fingerprint density at radius 1 is 1.03 bits per heavy atom. The zero-order chi connectivity index (χ0) is 22.5. The van der Waals surface area contributed by atoms with Gasteiger partial charge >= 0.3 is 0 Å². The topological polar surface area (TPSA) is 71.9 Å². The van der Waals surface area contributed by atoms with Crippen molar-refractivity contribution in [2.45, 2.75) is 19.5 Å². The van der Waals surface area contributed by atoms with Crippen molar-refractivity contribution >= 4 is 18.1 Å². The lowest BCUT2D eigenvalue weighted by Gasteiger charge is -2.20. The summed E-state index contributed by atoms with van der Waals surface area (Å²) in [6.45, 7) is 2.09.